The fourth-order valence-electron chi connectivity index (χ4n) is 1.88. The van der Waals surface area contributed by atoms with Crippen molar-refractivity contribution in [1.29, 1.82) is 0 Å². The molecule has 124 valence electrons. The molecule has 0 N–H and O–H groups in total. The first-order chi connectivity index (χ1) is 10.1. The second-order valence-electron chi connectivity index (χ2n) is 6.37. The maximum Gasteiger partial charge on any atom is 0.422 e. The summed E-state index contributed by atoms with van der Waals surface area (Å²) in [4.78, 5) is 36.9. The highest BCUT2D eigenvalue weighted by atomic mass is 35.5. The minimum absolute atomic E-state index is 0.121. The van der Waals surface area contributed by atoms with Crippen LogP contribution in [0.2, 0.25) is 0 Å². The number of ether oxygens (including phenoxy) is 1. The predicted molar refractivity (Wildman–Crippen MR) is 86.0 cm³/mol. The Labute approximate surface area is 134 Å². The third-order valence-electron chi connectivity index (χ3n) is 2.92. The summed E-state index contributed by atoms with van der Waals surface area (Å²) in [6.07, 6.45) is 0.951. The Morgan fingerprint density at radius 3 is 2.36 bits per heavy atom. The topological polar surface area (TPSA) is 70.3 Å². The van der Waals surface area contributed by atoms with Gasteiger partial charge in [0.25, 0.3) is 5.56 Å². The van der Waals surface area contributed by atoms with Gasteiger partial charge in [0.1, 0.15) is 5.60 Å². The van der Waals surface area contributed by atoms with E-state index < -0.39 is 17.4 Å². The van der Waals surface area contributed by atoms with E-state index in [1.54, 1.807) is 20.8 Å². The average Bonchev–Trinajstić information content (AvgIpc) is 2.36. The Kier molecular flexibility index (Phi) is 6.00. The van der Waals surface area contributed by atoms with E-state index in [4.69, 9.17) is 16.3 Å². The number of hydrogen-bond donors (Lipinski definition) is 0. The van der Waals surface area contributed by atoms with Gasteiger partial charge in [-0.1, -0.05) is 13.8 Å². The fourth-order valence-corrected chi connectivity index (χ4v) is 1.99. The fraction of sp³-hybridized carbons (Fsp3) is 0.667. The molecule has 0 aliphatic rings. The Bertz CT molecular complexity index is 653. The van der Waals surface area contributed by atoms with E-state index in [2.05, 4.69) is 0 Å². The molecule has 0 aromatic carbocycles. The van der Waals surface area contributed by atoms with Crippen LogP contribution in [0.15, 0.2) is 15.8 Å². The highest BCUT2D eigenvalue weighted by Crippen LogP contribution is 2.11. The van der Waals surface area contributed by atoms with Crippen molar-refractivity contribution in [1.82, 2.24) is 9.13 Å². The minimum Gasteiger partial charge on any atom is -0.443 e. The molecule has 7 heteroatoms. The van der Waals surface area contributed by atoms with E-state index in [1.807, 2.05) is 13.8 Å². The van der Waals surface area contributed by atoms with Crippen LogP contribution >= 0.6 is 11.6 Å². The smallest absolute Gasteiger partial charge is 0.422 e. The van der Waals surface area contributed by atoms with Gasteiger partial charge in [-0.2, -0.15) is 0 Å². The molecule has 22 heavy (non-hydrogen) atoms. The van der Waals surface area contributed by atoms with Crippen molar-refractivity contribution in [3.05, 3.63) is 32.6 Å². The van der Waals surface area contributed by atoms with Gasteiger partial charge in [0.05, 0.1) is 0 Å². The number of carbonyl (C=O) groups is 1. The molecule has 0 bridgehead atoms. The molecule has 0 radical (unpaired) electrons. The van der Waals surface area contributed by atoms with E-state index in [0.717, 1.165) is 9.13 Å². The Balaban J connectivity index is 3.45. The monoisotopic (exact) mass is 330 g/mol. The van der Waals surface area contributed by atoms with Crippen molar-refractivity contribution in [2.45, 2.75) is 59.1 Å². The molecule has 0 unspecified atom stereocenters. The lowest BCUT2D eigenvalue weighted by Crippen LogP contribution is -2.45. The number of rotatable bonds is 4. The van der Waals surface area contributed by atoms with Crippen LogP contribution in [-0.4, -0.2) is 26.7 Å². The molecule has 0 saturated heterocycles. The van der Waals surface area contributed by atoms with E-state index >= 15 is 0 Å². The van der Waals surface area contributed by atoms with Crippen molar-refractivity contribution < 1.29 is 9.53 Å². The van der Waals surface area contributed by atoms with Gasteiger partial charge in [0.15, 0.2) is 0 Å². The number of nitrogens with zero attached hydrogens (tertiary/aromatic N) is 2. The zero-order valence-electron chi connectivity index (χ0n) is 13.7. The standard InChI is InChI=1S/C15H23ClN2O4/c1-10(2)11-9-18(14(21)22-15(3,4)5)13(20)17(12(11)19)8-6-7-16/h9-10H,6-8H2,1-5H3. The molecule has 1 aromatic heterocycles. The van der Waals surface area contributed by atoms with Gasteiger partial charge in [0.2, 0.25) is 0 Å². The highest BCUT2D eigenvalue weighted by Gasteiger charge is 2.22. The summed E-state index contributed by atoms with van der Waals surface area (Å²) in [5.41, 5.74) is -1.43. The largest absolute Gasteiger partial charge is 0.443 e. The SMILES string of the molecule is CC(C)c1cn(C(=O)OC(C)(C)C)c(=O)n(CCCCl)c1=O. The number of hydrogen-bond acceptors (Lipinski definition) is 4. The van der Waals surface area contributed by atoms with Crippen LogP contribution < -0.4 is 11.2 Å². The molecule has 1 aromatic rings. The van der Waals surface area contributed by atoms with Crippen LogP contribution in [0.4, 0.5) is 4.79 Å². The predicted octanol–water partition coefficient (Wildman–Crippen LogP) is 2.55. The highest BCUT2D eigenvalue weighted by molar-refractivity contribution is 6.17. The molecule has 0 aliphatic heterocycles. The van der Waals surface area contributed by atoms with Gasteiger partial charge in [-0.3, -0.25) is 9.36 Å². The molecule has 1 rings (SSSR count). The summed E-state index contributed by atoms with van der Waals surface area (Å²) in [5.74, 6) is 0.202. The van der Waals surface area contributed by atoms with Gasteiger partial charge in [-0.25, -0.2) is 14.2 Å². The molecule has 0 aliphatic carbocycles. The first-order valence-corrected chi connectivity index (χ1v) is 7.77. The van der Waals surface area contributed by atoms with Crippen LogP contribution in [0, 0.1) is 0 Å². The van der Waals surface area contributed by atoms with Crippen LogP contribution in [0.3, 0.4) is 0 Å². The normalized spacial score (nSPS) is 11.8. The van der Waals surface area contributed by atoms with E-state index in [9.17, 15) is 14.4 Å². The van der Waals surface area contributed by atoms with Crippen molar-refractivity contribution in [3.8, 4) is 0 Å². The van der Waals surface area contributed by atoms with E-state index in [1.165, 1.54) is 6.20 Å². The van der Waals surface area contributed by atoms with Gasteiger partial charge in [0, 0.05) is 24.2 Å². The molecular weight excluding hydrogens is 308 g/mol. The summed E-state index contributed by atoms with van der Waals surface area (Å²) in [6, 6.07) is 0. The van der Waals surface area contributed by atoms with Gasteiger partial charge in [-0.15, -0.1) is 11.6 Å². The second-order valence-corrected chi connectivity index (χ2v) is 6.75. The van der Waals surface area contributed by atoms with Gasteiger partial charge < -0.3 is 4.74 Å². The van der Waals surface area contributed by atoms with Gasteiger partial charge >= 0.3 is 11.8 Å². The molecule has 0 spiro atoms. The third kappa shape index (κ3) is 4.47. The quantitative estimate of drug-likeness (QED) is 0.795. The molecule has 0 fully saturated rings. The number of carbonyl (C=O) groups excluding carboxylic acids is 1. The van der Waals surface area contributed by atoms with Crippen LogP contribution in [0.5, 0.6) is 0 Å². The summed E-state index contributed by atoms with van der Waals surface area (Å²) in [5, 5.41) is 0. The second kappa shape index (κ2) is 7.13. The molecular formula is C15H23ClN2O4. The Morgan fingerprint density at radius 2 is 1.91 bits per heavy atom. The molecule has 0 atom stereocenters. The van der Waals surface area contributed by atoms with Crippen molar-refractivity contribution in [2.24, 2.45) is 0 Å². The van der Waals surface area contributed by atoms with Crippen LogP contribution in [-0.2, 0) is 11.3 Å². The average molecular weight is 331 g/mol. The lowest BCUT2D eigenvalue weighted by atomic mass is 10.1. The number of halogens is 1. The lowest BCUT2D eigenvalue weighted by molar-refractivity contribution is 0.0524. The number of alkyl halides is 1. The maximum atomic E-state index is 12.4. The Hall–Kier alpha value is -1.56. The summed E-state index contributed by atoms with van der Waals surface area (Å²) < 4.78 is 7.12. The summed E-state index contributed by atoms with van der Waals surface area (Å²) in [7, 11) is 0. The minimum atomic E-state index is -0.793. The molecule has 6 nitrogen and oxygen atoms in total. The Morgan fingerprint density at radius 1 is 1.32 bits per heavy atom. The summed E-state index contributed by atoms with van der Waals surface area (Å²) in [6.45, 7) is 8.96. The van der Waals surface area contributed by atoms with E-state index in [0.29, 0.717) is 17.9 Å². The molecule has 1 heterocycles. The van der Waals surface area contributed by atoms with Crippen molar-refractivity contribution in [3.63, 3.8) is 0 Å². The van der Waals surface area contributed by atoms with Crippen molar-refractivity contribution in [2.75, 3.05) is 5.88 Å². The zero-order valence-corrected chi connectivity index (χ0v) is 14.4. The first kappa shape index (κ1) is 18.5. The zero-order chi connectivity index (χ0) is 17.1. The third-order valence-corrected chi connectivity index (χ3v) is 3.19. The first-order valence-electron chi connectivity index (χ1n) is 7.24. The molecule has 0 saturated carbocycles. The number of aromatic nitrogens is 2. The van der Waals surface area contributed by atoms with Crippen LogP contribution in [0.1, 0.15) is 52.5 Å². The van der Waals surface area contributed by atoms with E-state index in [-0.39, 0.29) is 18.0 Å². The maximum absolute atomic E-state index is 12.4. The lowest BCUT2D eigenvalue weighted by Gasteiger charge is -2.21. The van der Waals surface area contributed by atoms with Crippen molar-refractivity contribution >= 4 is 17.7 Å². The summed E-state index contributed by atoms with van der Waals surface area (Å²) >= 11 is 5.63. The molecule has 0 amide bonds. The van der Waals surface area contributed by atoms with Gasteiger partial charge in [-0.05, 0) is 33.1 Å². The van der Waals surface area contributed by atoms with Crippen LogP contribution in [0.25, 0.3) is 0 Å².